The van der Waals surface area contributed by atoms with Crippen LogP contribution in [0, 0.1) is 28.4 Å². The van der Waals surface area contributed by atoms with Crippen LogP contribution in [-0.2, 0) is 0 Å². The molecule has 0 fully saturated rings. The van der Waals surface area contributed by atoms with Gasteiger partial charge in [-0.25, -0.2) is 0 Å². The summed E-state index contributed by atoms with van der Waals surface area (Å²) in [6.45, 7) is 2.50. The summed E-state index contributed by atoms with van der Waals surface area (Å²) in [5, 5.41) is 23.8. The van der Waals surface area contributed by atoms with Crippen LogP contribution < -0.4 is 5.32 Å². The van der Waals surface area contributed by atoms with Gasteiger partial charge < -0.3 is 14.6 Å². The molecule has 1 N–H and O–H groups in total. The molecular weight excluding hydrogens is 370 g/mol. The minimum atomic E-state index is -0.502. The lowest BCUT2D eigenvalue weighted by Gasteiger charge is -2.25. The number of nitro benzene ring substituents is 1. The summed E-state index contributed by atoms with van der Waals surface area (Å²) in [7, 11) is 3.94. The van der Waals surface area contributed by atoms with Crippen molar-refractivity contribution in [2.45, 2.75) is 13.0 Å². The van der Waals surface area contributed by atoms with Crippen LogP contribution in [0.15, 0.2) is 52.9 Å². The predicted molar refractivity (Wildman–Crippen MR) is 109 cm³/mol. The molecule has 3 rings (SSSR count). The van der Waals surface area contributed by atoms with Crippen molar-refractivity contribution in [3.63, 3.8) is 0 Å². The van der Waals surface area contributed by atoms with E-state index >= 15 is 0 Å². The van der Waals surface area contributed by atoms with Gasteiger partial charge in [-0.15, -0.1) is 0 Å². The summed E-state index contributed by atoms with van der Waals surface area (Å²) in [5.41, 5.74) is 2.44. The van der Waals surface area contributed by atoms with Gasteiger partial charge in [-0.3, -0.25) is 10.1 Å². The Morgan fingerprint density at radius 2 is 1.93 bits per heavy atom. The molecule has 0 spiro atoms. The van der Waals surface area contributed by atoms with Gasteiger partial charge in [-0.2, -0.15) is 10.2 Å². The Hall–Kier alpha value is -3.70. The minimum Gasteiger partial charge on any atom is -0.419 e. The normalized spacial score (nSPS) is 11.8. The molecule has 0 saturated heterocycles. The predicted octanol–water partition coefficient (Wildman–Crippen LogP) is 4.14. The number of nitrogens with zero attached hydrogens (tertiary/aromatic N) is 4. The van der Waals surface area contributed by atoms with Crippen molar-refractivity contribution in [2.75, 3.05) is 26.0 Å². The fraction of sp³-hybridized carbons (Fsp3) is 0.238. The van der Waals surface area contributed by atoms with E-state index in [4.69, 9.17) is 4.42 Å². The Bertz CT molecular complexity index is 1050. The van der Waals surface area contributed by atoms with Gasteiger partial charge in [-0.05, 0) is 32.6 Å². The standard InChI is InChI=1S/C21H21N5O3/c1-14-8-10-15(11-9-14)19(25(2)3)13-23-21-17(12-22)24-20(29-21)16-6-4-5-7-18(16)26(27)28/h4-11,19,23H,13H2,1-3H3. The SMILES string of the molecule is Cc1ccc(C(CNc2oc(-c3ccccc3[N+](=O)[O-])nc2C#N)N(C)C)cc1. The van der Waals surface area contributed by atoms with Crippen molar-refractivity contribution < 1.29 is 9.34 Å². The van der Waals surface area contributed by atoms with Crippen LogP contribution in [0.4, 0.5) is 11.6 Å². The number of aromatic nitrogens is 1. The van der Waals surface area contributed by atoms with Gasteiger partial charge in [0.05, 0.1) is 11.0 Å². The molecule has 1 unspecified atom stereocenters. The van der Waals surface area contributed by atoms with Crippen LogP contribution in [0.25, 0.3) is 11.5 Å². The van der Waals surface area contributed by atoms with E-state index < -0.39 is 4.92 Å². The summed E-state index contributed by atoms with van der Waals surface area (Å²) in [6.07, 6.45) is 0. The van der Waals surface area contributed by atoms with Crippen LogP contribution in [0.1, 0.15) is 22.9 Å². The molecule has 1 heterocycles. The number of nitriles is 1. The quantitative estimate of drug-likeness (QED) is 0.476. The van der Waals surface area contributed by atoms with Crippen molar-refractivity contribution in [1.82, 2.24) is 9.88 Å². The summed E-state index contributed by atoms with van der Waals surface area (Å²) >= 11 is 0. The second-order valence-corrected chi connectivity index (χ2v) is 6.85. The van der Waals surface area contributed by atoms with E-state index in [1.54, 1.807) is 18.2 Å². The molecule has 1 atom stereocenters. The fourth-order valence-electron chi connectivity index (χ4n) is 3.02. The van der Waals surface area contributed by atoms with Crippen molar-refractivity contribution in [3.05, 3.63) is 75.5 Å². The smallest absolute Gasteiger partial charge is 0.282 e. The molecule has 0 bridgehead atoms. The monoisotopic (exact) mass is 391 g/mol. The highest BCUT2D eigenvalue weighted by Crippen LogP contribution is 2.32. The largest absolute Gasteiger partial charge is 0.419 e. The number of hydrogen-bond donors (Lipinski definition) is 1. The number of oxazole rings is 1. The van der Waals surface area contributed by atoms with E-state index in [1.807, 2.05) is 39.2 Å². The van der Waals surface area contributed by atoms with Crippen LogP contribution in [-0.4, -0.2) is 35.4 Å². The van der Waals surface area contributed by atoms with E-state index in [9.17, 15) is 15.4 Å². The zero-order chi connectivity index (χ0) is 21.0. The minimum absolute atomic E-state index is 0.0294. The summed E-state index contributed by atoms with van der Waals surface area (Å²) in [4.78, 5) is 17.0. The number of nitrogens with one attached hydrogen (secondary N) is 1. The second-order valence-electron chi connectivity index (χ2n) is 6.85. The molecule has 148 valence electrons. The Kier molecular flexibility index (Phi) is 5.90. The van der Waals surface area contributed by atoms with E-state index in [0.29, 0.717) is 6.54 Å². The molecule has 8 nitrogen and oxygen atoms in total. The number of hydrogen-bond acceptors (Lipinski definition) is 7. The molecule has 0 radical (unpaired) electrons. The third kappa shape index (κ3) is 4.42. The second kappa shape index (κ2) is 8.54. The van der Waals surface area contributed by atoms with Crippen molar-refractivity contribution >= 4 is 11.6 Å². The lowest BCUT2D eigenvalue weighted by atomic mass is 10.0. The molecule has 8 heteroatoms. The first-order valence-corrected chi connectivity index (χ1v) is 9.02. The molecule has 0 aliphatic rings. The summed E-state index contributed by atoms with van der Waals surface area (Å²) in [5.74, 6) is 0.229. The van der Waals surface area contributed by atoms with E-state index in [0.717, 1.165) is 5.56 Å². The first-order chi connectivity index (χ1) is 13.9. The van der Waals surface area contributed by atoms with Crippen LogP contribution >= 0.6 is 0 Å². The number of benzene rings is 2. The maximum atomic E-state index is 11.3. The van der Waals surface area contributed by atoms with Gasteiger partial charge in [-0.1, -0.05) is 42.0 Å². The zero-order valence-electron chi connectivity index (χ0n) is 16.4. The zero-order valence-corrected chi connectivity index (χ0v) is 16.4. The highest BCUT2D eigenvalue weighted by molar-refractivity contribution is 5.68. The van der Waals surface area contributed by atoms with E-state index in [1.165, 1.54) is 11.6 Å². The Morgan fingerprint density at radius 3 is 2.55 bits per heavy atom. The number of aryl methyl sites for hydroxylation is 1. The number of anilines is 1. The maximum Gasteiger partial charge on any atom is 0.282 e. The van der Waals surface area contributed by atoms with Gasteiger partial charge in [0.2, 0.25) is 17.5 Å². The molecule has 1 aromatic heterocycles. The Morgan fingerprint density at radius 1 is 1.24 bits per heavy atom. The highest BCUT2D eigenvalue weighted by Gasteiger charge is 2.23. The number of likely N-dealkylation sites (N-methyl/N-ethyl adjacent to an activating group) is 1. The molecule has 0 saturated carbocycles. The number of rotatable bonds is 7. The Balaban J connectivity index is 1.87. The first kappa shape index (κ1) is 20.0. The van der Waals surface area contributed by atoms with Gasteiger partial charge in [0.25, 0.3) is 5.69 Å². The van der Waals surface area contributed by atoms with Crippen molar-refractivity contribution in [3.8, 4) is 17.5 Å². The molecule has 3 aromatic rings. The van der Waals surface area contributed by atoms with Crippen molar-refractivity contribution in [1.29, 1.82) is 5.26 Å². The molecule has 0 aliphatic carbocycles. The van der Waals surface area contributed by atoms with Crippen LogP contribution in [0.5, 0.6) is 0 Å². The number of para-hydroxylation sites is 1. The number of nitro groups is 1. The summed E-state index contributed by atoms with van der Waals surface area (Å²) in [6, 6.07) is 16.4. The summed E-state index contributed by atoms with van der Waals surface area (Å²) < 4.78 is 5.70. The van der Waals surface area contributed by atoms with E-state index in [-0.39, 0.29) is 34.8 Å². The van der Waals surface area contributed by atoms with Gasteiger partial charge >= 0.3 is 0 Å². The first-order valence-electron chi connectivity index (χ1n) is 9.02. The molecular formula is C21H21N5O3. The molecule has 0 aliphatic heterocycles. The molecule has 0 amide bonds. The van der Waals surface area contributed by atoms with Gasteiger partial charge in [0.1, 0.15) is 11.6 Å². The highest BCUT2D eigenvalue weighted by atomic mass is 16.6. The average molecular weight is 391 g/mol. The molecule has 2 aromatic carbocycles. The Labute approximate surface area is 168 Å². The average Bonchev–Trinajstić information content (AvgIpc) is 3.12. The van der Waals surface area contributed by atoms with Crippen molar-refractivity contribution in [2.24, 2.45) is 0 Å². The third-order valence-electron chi connectivity index (χ3n) is 4.61. The van der Waals surface area contributed by atoms with E-state index in [2.05, 4.69) is 27.3 Å². The lowest BCUT2D eigenvalue weighted by Crippen LogP contribution is -2.26. The fourth-order valence-corrected chi connectivity index (χ4v) is 3.02. The topological polar surface area (TPSA) is 108 Å². The molecule has 29 heavy (non-hydrogen) atoms. The third-order valence-corrected chi connectivity index (χ3v) is 4.61. The van der Waals surface area contributed by atoms with Gasteiger partial charge in [0, 0.05) is 12.6 Å². The maximum absolute atomic E-state index is 11.3. The van der Waals surface area contributed by atoms with Gasteiger partial charge in [0.15, 0.2) is 0 Å². The van der Waals surface area contributed by atoms with Crippen LogP contribution in [0.3, 0.4) is 0 Å². The lowest BCUT2D eigenvalue weighted by molar-refractivity contribution is -0.384. The van der Waals surface area contributed by atoms with Crippen LogP contribution in [0.2, 0.25) is 0 Å².